The van der Waals surface area contributed by atoms with Gasteiger partial charge in [-0.3, -0.25) is 4.79 Å². The highest BCUT2D eigenvalue weighted by Gasteiger charge is 2.08. The summed E-state index contributed by atoms with van der Waals surface area (Å²) in [7, 11) is 1.50. The standard InChI is InChI=1S/C13H11FO3/c1-16-8-17-11-5-9-3-2-4-12(14)13(9)10(6-11)7-15/h2-7H,8H2,1H3. The van der Waals surface area contributed by atoms with Crippen molar-refractivity contribution in [2.24, 2.45) is 0 Å². The molecule has 17 heavy (non-hydrogen) atoms. The Labute approximate surface area is 97.8 Å². The fraction of sp³-hybridized carbons (Fsp3) is 0.154. The molecule has 0 fully saturated rings. The van der Waals surface area contributed by atoms with Gasteiger partial charge in [0.2, 0.25) is 0 Å². The number of hydrogen-bond donors (Lipinski definition) is 0. The molecule has 2 rings (SSSR count). The van der Waals surface area contributed by atoms with Crippen LogP contribution in [0, 0.1) is 5.82 Å². The number of carbonyl (C=O) groups excluding carboxylic acids is 1. The summed E-state index contributed by atoms with van der Waals surface area (Å²) >= 11 is 0. The van der Waals surface area contributed by atoms with E-state index in [2.05, 4.69) is 0 Å². The summed E-state index contributed by atoms with van der Waals surface area (Å²) in [6, 6.07) is 7.81. The summed E-state index contributed by atoms with van der Waals surface area (Å²) in [5.74, 6) is 0.0648. The molecular weight excluding hydrogens is 223 g/mol. The highest BCUT2D eigenvalue weighted by molar-refractivity contribution is 5.99. The molecule has 2 aromatic rings. The van der Waals surface area contributed by atoms with Crippen LogP contribution in [-0.4, -0.2) is 20.2 Å². The Bertz CT molecular complexity index is 552. The third kappa shape index (κ3) is 2.26. The van der Waals surface area contributed by atoms with Gasteiger partial charge in [0.1, 0.15) is 11.6 Å². The summed E-state index contributed by atoms with van der Waals surface area (Å²) in [4.78, 5) is 10.9. The highest BCUT2D eigenvalue weighted by atomic mass is 19.1. The first kappa shape index (κ1) is 11.5. The summed E-state index contributed by atoms with van der Waals surface area (Å²) in [6.07, 6.45) is 0.616. The summed E-state index contributed by atoms with van der Waals surface area (Å²) in [5, 5.41) is 0.938. The minimum Gasteiger partial charge on any atom is -0.468 e. The van der Waals surface area contributed by atoms with Crippen molar-refractivity contribution >= 4 is 17.1 Å². The average molecular weight is 234 g/mol. The van der Waals surface area contributed by atoms with E-state index < -0.39 is 5.82 Å². The maximum absolute atomic E-state index is 13.6. The van der Waals surface area contributed by atoms with E-state index in [1.165, 1.54) is 19.2 Å². The van der Waals surface area contributed by atoms with E-state index in [9.17, 15) is 9.18 Å². The van der Waals surface area contributed by atoms with Gasteiger partial charge < -0.3 is 9.47 Å². The molecule has 0 bridgehead atoms. The quantitative estimate of drug-likeness (QED) is 0.602. The van der Waals surface area contributed by atoms with Crippen molar-refractivity contribution in [2.45, 2.75) is 0 Å². The van der Waals surface area contributed by atoms with Crippen molar-refractivity contribution in [3.05, 3.63) is 41.7 Å². The number of aldehydes is 1. The maximum Gasteiger partial charge on any atom is 0.188 e. The normalized spacial score (nSPS) is 10.5. The van der Waals surface area contributed by atoms with E-state index in [1.54, 1.807) is 18.2 Å². The van der Waals surface area contributed by atoms with E-state index in [0.717, 1.165) is 0 Å². The lowest BCUT2D eigenvalue weighted by Crippen LogP contribution is -2.00. The van der Waals surface area contributed by atoms with Crippen LogP contribution < -0.4 is 4.74 Å². The molecule has 2 aromatic carbocycles. The second-order valence-corrected chi connectivity index (χ2v) is 3.52. The summed E-state index contributed by atoms with van der Waals surface area (Å²) in [5.41, 5.74) is 0.270. The molecule has 4 heteroatoms. The lowest BCUT2D eigenvalue weighted by Gasteiger charge is -2.08. The fourth-order valence-electron chi connectivity index (χ4n) is 1.69. The Hall–Kier alpha value is -1.94. The molecule has 0 N–H and O–H groups in total. The van der Waals surface area contributed by atoms with Crippen molar-refractivity contribution < 1.29 is 18.7 Å². The van der Waals surface area contributed by atoms with Crippen LogP contribution in [0.15, 0.2) is 30.3 Å². The molecular formula is C13H11FO3. The van der Waals surface area contributed by atoms with Crippen LogP contribution in [-0.2, 0) is 4.74 Å². The average Bonchev–Trinajstić information content (AvgIpc) is 2.35. The van der Waals surface area contributed by atoms with E-state index in [1.807, 2.05) is 0 Å². The first-order valence-electron chi connectivity index (χ1n) is 5.05. The van der Waals surface area contributed by atoms with Gasteiger partial charge >= 0.3 is 0 Å². The van der Waals surface area contributed by atoms with Crippen LogP contribution in [0.25, 0.3) is 10.8 Å². The largest absolute Gasteiger partial charge is 0.468 e. The number of ether oxygens (including phenoxy) is 2. The van der Waals surface area contributed by atoms with E-state index in [4.69, 9.17) is 9.47 Å². The van der Waals surface area contributed by atoms with E-state index in [0.29, 0.717) is 22.8 Å². The zero-order valence-corrected chi connectivity index (χ0v) is 9.27. The molecule has 0 atom stereocenters. The molecule has 0 saturated carbocycles. The third-order valence-corrected chi connectivity index (χ3v) is 2.40. The molecule has 0 saturated heterocycles. The number of carbonyl (C=O) groups is 1. The van der Waals surface area contributed by atoms with Crippen LogP contribution in [0.2, 0.25) is 0 Å². The van der Waals surface area contributed by atoms with Gasteiger partial charge in [-0.05, 0) is 23.6 Å². The van der Waals surface area contributed by atoms with Gasteiger partial charge in [-0.1, -0.05) is 12.1 Å². The van der Waals surface area contributed by atoms with Crippen LogP contribution in [0.3, 0.4) is 0 Å². The van der Waals surface area contributed by atoms with Crippen LogP contribution in [0.4, 0.5) is 4.39 Å². The lowest BCUT2D eigenvalue weighted by molar-refractivity contribution is 0.0511. The Kier molecular flexibility index (Phi) is 3.35. The van der Waals surface area contributed by atoms with Gasteiger partial charge in [0.15, 0.2) is 13.1 Å². The van der Waals surface area contributed by atoms with Crippen LogP contribution in [0.1, 0.15) is 10.4 Å². The fourth-order valence-corrected chi connectivity index (χ4v) is 1.69. The minimum atomic E-state index is -0.414. The van der Waals surface area contributed by atoms with Crippen LogP contribution >= 0.6 is 0 Å². The maximum atomic E-state index is 13.6. The zero-order chi connectivity index (χ0) is 12.3. The van der Waals surface area contributed by atoms with Crippen molar-refractivity contribution in [3.8, 4) is 5.75 Å². The smallest absolute Gasteiger partial charge is 0.188 e. The molecule has 0 spiro atoms. The molecule has 0 radical (unpaired) electrons. The zero-order valence-electron chi connectivity index (χ0n) is 9.27. The van der Waals surface area contributed by atoms with Crippen LogP contribution in [0.5, 0.6) is 5.75 Å². The number of rotatable bonds is 4. The number of fused-ring (bicyclic) bond motifs is 1. The topological polar surface area (TPSA) is 35.5 Å². The van der Waals surface area contributed by atoms with Crippen molar-refractivity contribution in [1.29, 1.82) is 0 Å². The van der Waals surface area contributed by atoms with Gasteiger partial charge in [-0.2, -0.15) is 0 Å². The molecule has 0 aliphatic heterocycles. The van der Waals surface area contributed by atoms with Gasteiger partial charge in [0.05, 0.1) is 0 Å². The first-order chi connectivity index (χ1) is 8.26. The number of hydrogen-bond acceptors (Lipinski definition) is 3. The summed E-state index contributed by atoms with van der Waals surface area (Å²) < 4.78 is 23.6. The second kappa shape index (κ2) is 4.93. The molecule has 0 heterocycles. The number of halogens is 1. The van der Waals surface area contributed by atoms with Crippen molar-refractivity contribution in [1.82, 2.24) is 0 Å². The second-order valence-electron chi connectivity index (χ2n) is 3.52. The van der Waals surface area contributed by atoms with Crippen molar-refractivity contribution in [2.75, 3.05) is 13.9 Å². The van der Waals surface area contributed by atoms with Crippen molar-refractivity contribution in [3.63, 3.8) is 0 Å². The number of benzene rings is 2. The molecule has 0 aromatic heterocycles. The predicted molar refractivity (Wildman–Crippen MR) is 61.8 cm³/mol. The first-order valence-corrected chi connectivity index (χ1v) is 5.05. The van der Waals surface area contributed by atoms with Gasteiger partial charge in [-0.25, -0.2) is 4.39 Å². The molecule has 0 aliphatic carbocycles. The van der Waals surface area contributed by atoms with Gasteiger partial charge in [0.25, 0.3) is 0 Å². The highest BCUT2D eigenvalue weighted by Crippen LogP contribution is 2.26. The van der Waals surface area contributed by atoms with Gasteiger partial charge in [-0.15, -0.1) is 0 Å². The Morgan fingerprint density at radius 3 is 2.88 bits per heavy atom. The Morgan fingerprint density at radius 2 is 2.18 bits per heavy atom. The van der Waals surface area contributed by atoms with E-state index >= 15 is 0 Å². The Balaban J connectivity index is 2.58. The Morgan fingerprint density at radius 1 is 1.35 bits per heavy atom. The molecule has 0 unspecified atom stereocenters. The lowest BCUT2D eigenvalue weighted by atomic mass is 10.0. The summed E-state index contributed by atoms with van der Waals surface area (Å²) in [6.45, 7) is 0.0825. The monoisotopic (exact) mass is 234 g/mol. The SMILES string of the molecule is COCOc1cc(C=O)c2c(F)cccc2c1. The minimum absolute atomic E-state index is 0.0825. The predicted octanol–water partition coefficient (Wildman–Crippen LogP) is 2.77. The number of methoxy groups -OCH3 is 1. The molecule has 0 aliphatic rings. The molecule has 0 amide bonds. The van der Waals surface area contributed by atoms with Gasteiger partial charge in [0, 0.05) is 18.1 Å². The van der Waals surface area contributed by atoms with E-state index in [-0.39, 0.29) is 12.4 Å². The molecule has 3 nitrogen and oxygen atoms in total. The molecule has 88 valence electrons. The third-order valence-electron chi connectivity index (χ3n) is 2.40.